The van der Waals surface area contributed by atoms with Crippen molar-refractivity contribution in [3.8, 4) is 0 Å². The van der Waals surface area contributed by atoms with E-state index in [-0.39, 0.29) is 12.5 Å². The number of amides is 1. The van der Waals surface area contributed by atoms with Gasteiger partial charge in [0.1, 0.15) is 0 Å². The molecule has 3 rings (SSSR count). The molecule has 0 saturated heterocycles. The molecule has 1 heterocycles. The first kappa shape index (κ1) is 15.5. The van der Waals surface area contributed by atoms with Gasteiger partial charge in [-0.3, -0.25) is 10.1 Å². The lowest BCUT2D eigenvalue weighted by Crippen LogP contribution is -2.16. The summed E-state index contributed by atoms with van der Waals surface area (Å²) in [6.45, 7) is -0.188. The second-order valence-electron chi connectivity index (χ2n) is 4.60. The Kier molecular flexibility index (Phi) is 4.85. The topological polar surface area (TPSA) is 63.6 Å². The van der Waals surface area contributed by atoms with Gasteiger partial charge >= 0.3 is 0 Å². The molecule has 0 radical (unpaired) electrons. The summed E-state index contributed by atoms with van der Waals surface area (Å²) in [6, 6.07) is 14.8. The Balaban J connectivity index is 1.51. The highest BCUT2D eigenvalue weighted by atomic mass is 35.5. The largest absolute Gasteiger partial charge is 0.386 e. The number of aromatic nitrogens is 1. The van der Waals surface area contributed by atoms with Crippen LogP contribution in [0.5, 0.6) is 0 Å². The van der Waals surface area contributed by atoms with Crippen molar-refractivity contribution in [2.45, 2.75) is 0 Å². The average Bonchev–Trinajstić information content (AvgIpc) is 2.94. The lowest BCUT2D eigenvalue weighted by Gasteiger charge is -2.00. The third-order valence-corrected chi connectivity index (χ3v) is 4.05. The Morgan fingerprint density at radius 3 is 3.00 bits per heavy atom. The van der Waals surface area contributed by atoms with Crippen molar-refractivity contribution in [2.75, 3.05) is 11.9 Å². The van der Waals surface area contributed by atoms with E-state index in [1.807, 2.05) is 36.4 Å². The second-order valence-corrected chi connectivity index (χ2v) is 6.06. The third-order valence-electron chi connectivity index (χ3n) is 2.86. The molecule has 2 aromatic carbocycles. The normalized spacial score (nSPS) is 11.0. The summed E-state index contributed by atoms with van der Waals surface area (Å²) >= 11 is 7.27. The monoisotopic (exact) mass is 345 g/mol. The van der Waals surface area contributed by atoms with E-state index in [1.54, 1.807) is 12.1 Å². The molecule has 0 spiro atoms. The van der Waals surface area contributed by atoms with Crippen molar-refractivity contribution < 1.29 is 9.63 Å². The van der Waals surface area contributed by atoms with E-state index in [0.717, 1.165) is 15.8 Å². The van der Waals surface area contributed by atoms with Crippen molar-refractivity contribution in [2.24, 2.45) is 5.16 Å². The van der Waals surface area contributed by atoms with Crippen LogP contribution in [0, 0.1) is 0 Å². The Bertz CT molecular complexity index is 830. The highest BCUT2D eigenvalue weighted by Crippen LogP contribution is 2.25. The van der Waals surface area contributed by atoms with Gasteiger partial charge in [-0.2, -0.15) is 0 Å². The highest BCUT2D eigenvalue weighted by molar-refractivity contribution is 7.22. The van der Waals surface area contributed by atoms with Crippen molar-refractivity contribution in [1.29, 1.82) is 0 Å². The summed E-state index contributed by atoms with van der Waals surface area (Å²) in [7, 11) is 0. The number of hydrogen-bond donors (Lipinski definition) is 1. The number of para-hydroxylation sites is 1. The first-order valence-electron chi connectivity index (χ1n) is 6.77. The summed E-state index contributed by atoms with van der Waals surface area (Å²) in [5.41, 5.74) is 1.65. The third kappa shape index (κ3) is 4.28. The van der Waals surface area contributed by atoms with Crippen LogP contribution >= 0.6 is 22.9 Å². The molecular formula is C16H12ClN3O2S. The van der Waals surface area contributed by atoms with Gasteiger partial charge in [0.2, 0.25) is 0 Å². The van der Waals surface area contributed by atoms with Crippen LogP contribution in [0.3, 0.4) is 0 Å². The molecule has 0 unspecified atom stereocenters. The minimum atomic E-state index is -0.313. The number of halogens is 1. The fraction of sp³-hybridized carbons (Fsp3) is 0.0625. The quantitative estimate of drug-likeness (QED) is 0.562. The van der Waals surface area contributed by atoms with Crippen LogP contribution in [0.1, 0.15) is 5.56 Å². The van der Waals surface area contributed by atoms with E-state index in [4.69, 9.17) is 16.4 Å². The second kappa shape index (κ2) is 7.21. The molecule has 1 N–H and O–H groups in total. The van der Waals surface area contributed by atoms with Gasteiger partial charge in [0.15, 0.2) is 11.7 Å². The minimum Gasteiger partial charge on any atom is -0.386 e. The van der Waals surface area contributed by atoms with Crippen LogP contribution in [0.15, 0.2) is 53.7 Å². The van der Waals surface area contributed by atoms with Crippen LogP contribution in [-0.4, -0.2) is 23.7 Å². The van der Waals surface area contributed by atoms with Crippen LogP contribution in [0.2, 0.25) is 5.02 Å². The van der Waals surface area contributed by atoms with Gasteiger partial charge in [-0.05, 0) is 29.8 Å². The van der Waals surface area contributed by atoms with Crippen LogP contribution in [0.25, 0.3) is 10.2 Å². The fourth-order valence-electron chi connectivity index (χ4n) is 1.86. The molecule has 0 bridgehead atoms. The number of thiazole rings is 1. The molecule has 0 aliphatic heterocycles. The molecule has 1 amide bonds. The Hall–Kier alpha value is -2.44. The number of anilines is 1. The zero-order valence-corrected chi connectivity index (χ0v) is 13.5. The molecule has 0 atom stereocenters. The van der Waals surface area contributed by atoms with E-state index in [1.165, 1.54) is 17.6 Å². The van der Waals surface area contributed by atoms with Gasteiger partial charge in [-0.1, -0.05) is 52.4 Å². The lowest BCUT2D eigenvalue weighted by molar-refractivity contribution is -0.120. The number of carbonyl (C=O) groups excluding carboxylic acids is 1. The van der Waals surface area contributed by atoms with E-state index in [9.17, 15) is 4.79 Å². The maximum absolute atomic E-state index is 11.8. The SMILES string of the molecule is O=C(CO/N=C\c1cccc(Cl)c1)Nc1nc2ccccc2s1. The number of benzene rings is 2. The average molecular weight is 346 g/mol. The molecule has 7 heteroatoms. The molecule has 0 aliphatic carbocycles. The lowest BCUT2D eigenvalue weighted by atomic mass is 10.2. The van der Waals surface area contributed by atoms with Crippen molar-refractivity contribution in [3.63, 3.8) is 0 Å². The Labute approximate surface area is 141 Å². The first-order valence-corrected chi connectivity index (χ1v) is 7.96. The fourth-order valence-corrected chi connectivity index (χ4v) is 2.94. The van der Waals surface area contributed by atoms with Gasteiger partial charge in [-0.15, -0.1) is 0 Å². The summed E-state index contributed by atoms with van der Waals surface area (Å²) < 4.78 is 1.02. The van der Waals surface area contributed by atoms with Crippen LogP contribution in [0.4, 0.5) is 5.13 Å². The van der Waals surface area contributed by atoms with E-state index in [0.29, 0.717) is 10.2 Å². The first-order chi connectivity index (χ1) is 11.2. The summed E-state index contributed by atoms with van der Waals surface area (Å²) in [5, 5.41) is 7.59. The number of fused-ring (bicyclic) bond motifs is 1. The summed E-state index contributed by atoms with van der Waals surface area (Å²) in [4.78, 5) is 21.1. The molecule has 5 nitrogen and oxygen atoms in total. The number of nitrogens with one attached hydrogen (secondary N) is 1. The van der Waals surface area contributed by atoms with Gasteiger partial charge in [-0.25, -0.2) is 4.98 Å². The summed E-state index contributed by atoms with van der Waals surface area (Å²) in [6.07, 6.45) is 1.50. The van der Waals surface area contributed by atoms with Crippen LogP contribution in [-0.2, 0) is 9.63 Å². The molecule has 23 heavy (non-hydrogen) atoms. The molecule has 0 aliphatic rings. The Morgan fingerprint density at radius 2 is 2.17 bits per heavy atom. The standard InChI is InChI=1S/C16H12ClN3O2S/c17-12-5-3-4-11(8-12)9-18-22-10-15(21)20-16-19-13-6-1-2-7-14(13)23-16/h1-9H,10H2,(H,19,20,21)/b18-9-. The van der Waals surface area contributed by atoms with Gasteiger partial charge < -0.3 is 4.84 Å². The summed E-state index contributed by atoms with van der Waals surface area (Å²) in [5.74, 6) is -0.313. The molecular weight excluding hydrogens is 334 g/mol. The van der Waals surface area contributed by atoms with Crippen molar-refractivity contribution in [1.82, 2.24) is 4.98 Å². The number of hydrogen-bond acceptors (Lipinski definition) is 5. The van der Waals surface area contributed by atoms with E-state index >= 15 is 0 Å². The molecule has 0 saturated carbocycles. The zero-order chi connectivity index (χ0) is 16.1. The molecule has 3 aromatic rings. The maximum Gasteiger partial charge on any atom is 0.266 e. The van der Waals surface area contributed by atoms with Gasteiger partial charge in [0.25, 0.3) is 5.91 Å². The highest BCUT2D eigenvalue weighted by Gasteiger charge is 2.07. The predicted octanol–water partition coefficient (Wildman–Crippen LogP) is 3.94. The maximum atomic E-state index is 11.8. The van der Waals surface area contributed by atoms with E-state index < -0.39 is 0 Å². The number of nitrogens with zero attached hydrogens (tertiary/aromatic N) is 2. The minimum absolute atomic E-state index is 0.188. The molecule has 0 fully saturated rings. The number of rotatable bonds is 5. The number of carbonyl (C=O) groups is 1. The Morgan fingerprint density at radius 1 is 1.30 bits per heavy atom. The predicted molar refractivity (Wildman–Crippen MR) is 93.2 cm³/mol. The van der Waals surface area contributed by atoms with Crippen molar-refractivity contribution >= 4 is 50.4 Å². The zero-order valence-electron chi connectivity index (χ0n) is 11.9. The molecule has 116 valence electrons. The number of oxime groups is 1. The van der Waals surface area contributed by atoms with E-state index in [2.05, 4.69) is 15.5 Å². The van der Waals surface area contributed by atoms with Crippen LogP contribution < -0.4 is 5.32 Å². The van der Waals surface area contributed by atoms with Gasteiger partial charge in [0, 0.05) is 5.02 Å². The molecule has 1 aromatic heterocycles. The van der Waals surface area contributed by atoms with Gasteiger partial charge in [0.05, 0.1) is 16.4 Å². The van der Waals surface area contributed by atoms with Crippen molar-refractivity contribution in [3.05, 3.63) is 59.1 Å². The smallest absolute Gasteiger partial charge is 0.266 e.